The van der Waals surface area contributed by atoms with Crippen molar-refractivity contribution in [3.63, 3.8) is 0 Å². The molecule has 44 heteroatoms. The van der Waals surface area contributed by atoms with Gasteiger partial charge in [-0.3, -0.25) is 82.1 Å². The Balaban J connectivity index is 1.97. The number of hydrogen-bond acceptors (Lipinski definition) is 24. The monoisotopic (exact) mass is 1760 g/mol. The van der Waals surface area contributed by atoms with Crippen molar-refractivity contribution >= 4 is 118 Å². The molecule has 31 N–H and O–H groups in total. The van der Waals surface area contributed by atoms with Gasteiger partial charge in [0.2, 0.25) is 94.5 Å². The summed E-state index contributed by atoms with van der Waals surface area (Å²) in [6, 6.07) is -5.36. The molecule has 0 aliphatic carbocycles. The summed E-state index contributed by atoms with van der Waals surface area (Å²) in [6.07, 6.45) is 2.21. The highest BCUT2D eigenvalue weighted by Crippen LogP contribution is 2.16. The number of nitrogens with zero attached hydrogens (tertiary/aromatic N) is 1. The minimum Gasteiger partial charge on any atom is -0.480 e. The first-order chi connectivity index (χ1) is 58.6. The summed E-state index contributed by atoms with van der Waals surface area (Å²) in [7, 11) is 0. The van der Waals surface area contributed by atoms with E-state index < -0.39 is 222 Å². The second kappa shape index (κ2) is 56.0. The van der Waals surface area contributed by atoms with E-state index in [9.17, 15) is 91.7 Å². The van der Waals surface area contributed by atoms with Gasteiger partial charge in [-0.05, 0) is 140 Å². The van der Waals surface area contributed by atoms with Crippen molar-refractivity contribution in [1.29, 1.82) is 5.41 Å². The first-order valence-electron chi connectivity index (χ1n) is 41.2. The Bertz CT molecular complexity index is 4020. The van der Waals surface area contributed by atoms with Crippen LogP contribution in [0.1, 0.15) is 156 Å². The molecule has 1 aromatic heterocycles. The number of aliphatic hydroxyl groups is 1. The number of carbonyl (C=O) groups excluding carboxylic acids is 16. The number of amides is 16. The number of aliphatic carboxylic acids is 1. The number of carboxylic acids is 1. The fraction of sp³-hybridized carbons (Fsp3) is 0.588. The molecule has 0 spiro atoms. The van der Waals surface area contributed by atoms with Crippen LogP contribution in [0.2, 0.25) is 0 Å². The molecule has 0 saturated carbocycles. The van der Waals surface area contributed by atoms with Crippen molar-refractivity contribution in [2.45, 2.75) is 255 Å². The van der Waals surface area contributed by atoms with Crippen LogP contribution in [0.4, 0.5) is 0 Å². The highest BCUT2D eigenvalue weighted by molar-refractivity contribution is 7.98. The highest BCUT2D eigenvalue weighted by Gasteiger charge is 2.40. The van der Waals surface area contributed by atoms with Gasteiger partial charge in [-0.25, -0.2) is 9.78 Å². The largest absolute Gasteiger partial charge is 0.480 e. The van der Waals surface area contributed by atoms with Crippen molar-refractivity contribution < 1.29 is 91.7 Å². The Hall–Kier alpha value is -11.9. The number of aromatic amines is 1. The number of aliphatic hydroxyl groups excluding tert-OH is 1. The van der Waals surface area contributed by atoms with E-state index in [0.29, 0.717) is 30.4 Å². The van der Waals surface area contributed by atoms with Crippen molar-refractivity contribution in [2.75, 3.05) is 31.6 Å². The van der Waals surface area contributed by atoms with Gasteiger partial charge in [0.1, 0.15) is 90.6 Å². The second-order valence-electron chi connectivity index (χ2n) is 30.6. The lowest BCUT2D eigenvalue weighted by Gasteiger charge is -2.30. The van der Waals surface area contributed by atoms with E-state index in [1.165, 1.54) is 52.0 Å². The third kappa shape index (κ3) is 39.1. The number of hydrogen-bond donors (Lipinski definition) is 25. The summed E-state index contributed by atoms with van der Waals surface area (Å²) >= 11 is 1.30. The Labute approximate surface area is 724 Å². The maximum Gasteiger partial charge on any atom is 0.326 e. The van der Waals surface area contributed by atoms with Crippen molar-refractivity contribution in [2.24, 2.45) is 46.2 Å². The van der Waals surface area contributed by atoms with Gasteiger partial charge in [0.05, 0.1) is 18.9 Å². The molecular formula is C80H128N24O19S. The molecule has 0 aliphatic heterocycles. The molecule has 0 fully saturated rings. The Morgan fingerprint density at radius 1 is 0.444 bits per heavy atom. The smallest absolute Gasteiger partial charge is 0.326 e. The van der Waals surface area contributed by atoms with Gasteiger partial charge in [0.25, 0.3) is 0 Å². The van der Waals surface area contributed by atoms with E-state index in [1.54, 1.807) is 94.6 Å². The third-order valence-corrected chi connectivity index (χ3v) is 20.6. The molecule has 3 rings (SSSR count). The number of rotatable bonds is 59. The lowest BCUT2D eigenvalue weighted by molar-refractivity contribution is -0.142. The maximum atomic E-state index is 15.0. The average Bonchev–Trinajstić information content (AvgIpc) is 1.05. The topological polar surface area (TPSA) is 720 Å². The van der Waals surface area contributed by atoms with Crippen LogP contribution in [0.3, 0.4) is 0 Å². The number of imidazole rings is 1. The molecule has 43 nitrogen and oxygen atoms in total. The molecule has 1 heterocycles. The summed E-state index contributed by atoms with van der Waals surface area (Å²) in [4.78, 5) is 243. The summed E-state index contributed by atoms with van der Waals surface area (Å²) in [5, 5.41) is 65.7. The number of aromatic nitrogens is 2. The molecule has 0 aliphatic rings. The van der Waals surface area contributed by atoms with E-state index in [1.807, 2.05) is 0 Å². The molecule has 17 atom stereocenters. The fourth-order valence-electron chi connectivity index (χ4n) is 12.3. The van der Waals surface area contributed by atoms with Crippen molar-refractivity contribution in [3.8, 4) is 0 Å². The standard InChI is InChI=1S/C80H128N24O19S/c1-10-43(4)64(104-75(118)57(37-49-24-15-12-16-25-49)101-77(120)63(42(2)3)103-67(110)46(7)92-68(111)54(31-35-124-9)97-71(114)53(29-30-60(83)106)94-66(109)45(6)91-65(108)44(5)93-76(119)62(85)47(8)105)78(121)102-58(38-50-40-88-41-90-50)73(116)100-59(39-61(84)107)74(117)99-56(36-48-22-13-11-14-23-48)72(115)96-51(26-17-19-32-81)69(112)95-52(28-21-34-89-80(86)87)70(113)98-55(79(122)123)27-18-20-33-82/h11-16,22-25,40-47,51-59,62-64,105H,10,17-21,26-39,81-82,85H2,1-9H3,(H2,83,106)(H2,84,107)(H,88,90)(H,91,108)(H,92,111)(H,93,119)(H,94,109)(H,95,112)(H,96,115)(H,97,114)(H,98,113)(H,99,117)(H,100,116)(H,101,120)(H,102,121)(H,103,110)(H,104,118)(H,122,123)(H4,86,87,89)/t43-,44-,45-,46-,47+,51-,52-,53-,54-,55-,56-,57-,58-,59-,62-,63-,64-/m0/s1. The molecule has 0 bridgehead atoms. The Morgan fingerprint density at radius 3 is 1.27 bits per heavy atom. The zero-order chi connectivity index (χ0) is 92.9. The number of primary amides is 2. The zero-order valence-corrected chi connectivity index (χ0v) is 72.4. The van der Waals surface area contributed by atoms with Gasteiger partial charge in [-0.1, -0.05) is 94.8 Å². The predicted molar refractivity (Wildman–Crippen MR) is 458 cm³/mol. The van der Waals surface area contributed by atoms with E-state index >= 15 is 0 Å². The van der Waals surface area contributed by atoms with E-state index in [0.717, 1.165) is 0 Å². The molecule has 3 aromatic rings. The van der Waals surface area contributed by atoms with E-state index in [-0.39, 0.29) is 108 Å². The summed E-state index contributed by atoms with van der Waals surface area (Å²) < 4.78 is 0. The molecule has 16 amide bonds. The third-order valence-electron chi connectivity index (χ3n) is 19.9. The summed E-state index contributed by atoms with van der Waals surface area (Å²) in [5.74, 6) is -17.9. The van der Waals surface area contributed by atoms with Crippen molar-refractivity contribution in [3.05, 3.63) is 90.0 Å². The second-order valence-corrected chi connectivity index (χ2v) is 31.6. The lowest BCUT2D eigenvalue weighted by Crippen LogP contribution is -2.62. The number of nitrogens with two attached hydrogens (primary N) is 6. The van der Waals surface area contributed by atoms with Crippen LogP contribution >= 0.6 is 11.8 Å². The SMILES string of the molecule is CC[C@H](C)[C@H](NC(=O)[C@H](Cc1ccccc1)NC(=O)[C@@H](NC(=O)[C@H](C)NC(=O)[C@H](CCSC)NC(=O)[C@H](CCC(N)=O)NC(=O)[C@H](C)NC(=O)[C@H](C)NC(=O)[C@@H](N)[C@@H](C)O)C(C)C)C(=O)N[C@@H](Cc1cnc[nH]1)C(=O)N[C@@H](CC(N)=O)C(=O)N[C@@H](Cc1ccccc1)C(=O)N[C@@H](CCCCN)C(=O)N[C@@H](CCCNC(=N)N)C(=O)N[C@@H](CCCCN)C(=O)O. The maximum absolute atomic E-state index is 15.0. The minimum absolute atomic E-state index is 0.0157. The molecule has 0 saturated heterocycles. The molecular weight excluding hydrogens is 1630 g/mol. The normalized spacial score (nSPS) is 15.2. The first kappa shape index (κ1) is 106. The van der Waals surface area contributed by atoms with Crippen LogP contribution in [0.25, 0.3) is 0 Å². The van der Waals surface area contributed by atoms with Gasteiger partial charge >= 0.3 is 5.97 Å². The fourth-order valence-corrected chi connectivity index (χ4v) is 12.8. The molecule has 124 heavy (non-hydrogen) atoms. The quantitative estimate of drug-likeness (QED) is 0.0142. The number of carbonyl (C=O) groups is 17. The van der Waals surface area contributed by atoms with Crippen LogP contribution in [-0.4, -0.2) is 255 Å². The van der Waals surface area contributed by atoms with Crippen LogP contribution in [0.5, 0.6) is 0 Å². The number of carboxylic acid groups (broad SMARTS) is 1. The number of unbranched alkanes of at least 4 members (excludes halogenated alkanes) is 2. The van der Waals surface area contributed by atoms with Gasteiger partial charge in [0.15, 0.2) is 5.96 Å². The molecule has 0 unspecified atom stereocenters. The van der Waals surface area contributed by atoms with E-state index in [4.69, 9.17) is 39.8 Å². The van der Waals surface area contributed by atoms with Crippen LogP contribution in [0, 0.1) is 17.2 Å². The van der Waals surface area contributed by atoms with E-state index in [2.05, 4.69) is 89.7 Å². The van der Waals surface area contributed by atoms with Gasteiger partial charge in [0, 0.05) is 44.1 Å². The van der Waals surface area contributed by atoms with Gasteiger partial charge in [-0.2, -0.15) is 11.8 Å². The summed E-state index contributed by atoms with van der Waals surface area (Å²) in [6.45, 7) is 12.2. The van der Waals surface area contributed by atoms with Crippen LogP contribution in [0.15, 0.2) is 73.2 Å². The first-order valence-corrected chi connectivity index (χ1v) is 42.5. The zero-order valence-electron chi connectivity index (χ0n) is 71.6. The van der Waals surface area contributed by atoms with Crippen molar-refractivity contribution in [1.82, 2.24) is 89.7 Å². The number of benzene rings is 2. The number of nitrogens with one attached hydrogen (secondary N) is 17. The molecule has 688 valence electrons. The van der Waals surface area contributed by atoms with Gasteiger partial charge < -0.3 is 129 Å². The lowest BCUT2D eigenvalue weighted by atomic mass is 9.96. The number of thioether (sulfide) groups is 1. The average molecular weight is 1760 g/mol. The van der Waals surface area contributed by atoms with Crippen LogP contribution < -0.4 is 114 Å². The Kier molecular flexibility index (Phi) is 48.0. The van der Waals surface area contributed by atoms with Gasteiger partial charge in [-0.15, -0.1) is 0 Å². The predicted octanol–water partition coefficient (Wildman–Crippen LogP) is -5.81. The van der Waals surface area contributed by atoms with Crippen LogP contribution in [-0.2, 0) is 101 Å². The summed E-state index contributed by atoms with van der Waals surface area (Å²) in [5.41, 5.74) is 35.0. The molecule has 0 radical (unpaired) electrons. The Morgan fingerprint density at radius 2 is 0.823 bits per heavy atom. The minimum atomic E-state index is -1.88. The number of H-pyrrole nitrogens is 1. The number of guanidine groups is 1. The molecule has 2 aromatic carbocycles. The highest BCUT2D eigenvalue weighted by atomic mass is 32.2.